The van der Waals surface area contributed by atoms with E-state index >= 15 is 0 Å². The topological polar surface area (TPSA) is 126 Å². The maximum Gasteiger partial charge on any atom is 0.261 e. The molecule has 182 valence electrons. The van der Waals surface area contributed by atoms with Crippen LogP contribution in [0.5, 0.6) is 0 Å². The highest BCUT2D eigenvalue weighted by Crippen LogP contribution is 2.24. The zero-order valence-corrected chi connectivity index (χ0v) is 20.1. The Balaban J connectivity index is 1.32. The Morgan fingerprint density at radius 2 is 1.80 bits per heavy atom. The molecule has 5 N–H and O–H groups in total. The molecule has 35 heavy (non-hydrogen) atoms. The average Bonchev–Trinajstić information content (AvgIpc) is 3.33. The number of fused-ring (bicyclic) bond motifs is 1. The van der Waals surface area contributed by atoms with Crippen LogP contribution < -0.4 is 21.1 Å². The van der Waals surface area contributed by atoms with Gasteiger partial charge in [0.25, 0.3) is 10.0 Å². The molecule has 4 aromatic rings. The molecule has 1 saturated carbocycles. The summed E-state index contributed by atoms with van der Waals surface area (Å²) >= 11 is 0. The molecule has 0 saturated heterocycles. The van der Waals surface area contributed by atoms with Crippen molar-refractivity contribution in [1.29, 1.82) is 0 Å². The lowest BCUT2D eigenvalue weighted by Gasteiger charge is -2.27. The number of para-hydroxylation sites is 1. The zero-order valence-electron chi connectivity index (χ0n) is 19.3. The Labute approximate surface area is 204 Å². The van der Waals surface area contributed by atoms with Crippen molar-refractivity contribution in [3.8, 4) is 0 Å². The van der Waals surface area contributed by atoms with Crippen molar-refractivity contribution in [2.45, 2.75) is 49.2 Å². The van der Waals surface area contributed by atoms with Crippen molar-refractivity contribution in [1.82, 2.24) is 14.6 Å². The first-order chi connectivity index (χ1) is 17.0. The molecule has 1 aliphatic carbocycles. The predicted molar refractivity (Wildman–Crippen MR) is 138 cm³/mol. The number of nitrogens with one attached hydrogen (secondary N) is 3. The minimum Gasteiger partial charge on any atom is -0.378 e. The number of nitrogens with two attached hydrogens (primary N) is 1. The lowest BCUT2D eigenvalue weighted by Crippen LogP contribution is -2.33. The van der Waals surface area contributed by atoms with Crippen LogP contribution in [0.1, 0.15) is 31.2 Å². The van der Waals surface area contributed by atoms with E-state index in [0.717, 1.165) is 42.8 Å². The van der Waals surface area contributed by atoms with E-state index in [1.54, 1.807) is 53.2 Å². The van der Waals surface area contributed by atoms with Gasteiger partial charge >= 0.3 is 0 Å². The number of benzene rings is 2. The second-order valence-corrected chi connectivity index (χ2v) is 10.5. The lowest BCUT2D eigenvalue weighted by atomic mass is 9.92. The monoisotopic (exact) mass is 491 g/mol. The van der Waals surface area contributed by atoms with Gasteiger partial charge in [-0.25, -0.2) is 17.9 Å². The fourth-order valence-electron chi connectivity index (χ4n) is 4.33. The molecule has 2 heterocycles. The van der Waals surface area contributed by atoms with E-state index in [4.69, 9.17) is 5.73 Å². The number of rotatable bonds is 8. The van der Waals surface area contributed by atoms with Gasteiger partial charge in [0.2, 0.25) is 0 Å². The molecule has 2 aromatic heterocycles. The van der Waals surface area contributed by atoms with E-state index in [0.29, 0.717) is 23.9 Å². The van der Waals surface area contributed by atoms with E-state index in [9.17, 15) is 8.42 Å². The molecular formula is C25H29N7O2S. The van der Waals surface area contributed by atoms with Crippen LogP contribution in [0, 0.1) is 0 Å². The second-order valence-electron chi connectivity index (χ2n) is 8.87. The van der Waals surface area contributed by atoms with Crippen molar-refractivity contribution < 1.29 is 8.42 Å². The number of sulfonamides is 1. The van der Waals surface area contributed by atoms with Gasteiger partial charge in [-0.15, -0.1) is 5.10 Å². The molecule has 1 fully saturated rings. The summed E-state index contributed by atoms with van der Waals surface area (Å²) in [4.78, 5) is 4.63. The highest BCUT2D eigenvalue weighted by atomic mass is 32.2. The third kappa shape index (κ3) is 5.55. The maximum atomic E-state index is 12.9. The Bertz CT molecular complexity index is 1400. The summed E-state index contributed by atoms with van der Waals surface area (Å²) in [5.41, 5.74) is 8.91. The van der Waals surface area contributed by atoms with Crippen LogP contribution >= 0.6 is 0 Å². The van der Waals surface area contributed by atoms with Crippen LogP contribution in [0.25, 0.3) is 5.65 Å². The molecule has 0 atom stereocenters. The number of hydrogen-bond donors (Lipinski definition) is 4. The van der Waals surface area contributed by atoms with Gasteiger partial charge in [0, 0.05) is 42.8 Å². The number of nitrogens with zero attached hydrogens (tertiary/aromatic N) is 3. The Kier molecular flexibility index (Phi) is 6.56. The first kappa shape index (κ1) is 23.1. The van der Waals surface area contributed by atoms with Crippen molar-refractivity contribution in [3.05, 3.63) is 78.6 Å². The Morgan fingerprint density at radius 3 is 2.60 bits per heavy atom. The Hall–Kier alpha value is -3.63. The minimum atomic E-state index is -3.69. The van der Waals surface area contributed by atoms with E-state index in [1.807, 2.05) is 24.4 Å². The standard InChI is InChI=1S/C25H29N7O2S/c26-19-9-11-20(12-10-19)29-24-16-23(25-27-13-14-32(25)30-24)28-17-18-5-4-8-22(15-18)35(33,34)31-21-6-2-1-3-7-21/h1-8,13-16,19-20,28,31H,9-12,17,26H2,(H,29,30). The molecule has 2 aromatic carbocycles. The first-order valence-electron chi connectivity index (χ1n) is 11.7. The summed E-state index contributed by atoms with van der Waals surface area (Å²) in [5, 5.41) is 11.6. The maximum absolute atomic E-state index is 12.9. The fourth-order valence-corrected chi connectivity index (χ4v) is 5.46. The first-order valence-corrected chi connectivity index (χ1v) is 13.2. The SMILES string of the molecule is NC1CCC(Nc2cc(NCc3cccc(S(=O)(=O)Nc4ccccc4)c3)c3nccn3n2)CC1. The van der Waals surface area contributed by atoms with Crippen molar-refractivity contribution >= 4 is 32.9 Å². The molecule has 0 spiro atoms. The summed E-state index contributed by atoms with van der Waals surface area (Å²) in [6, 6.07) is 18.3. The molecule has 0 bridgehead atoms. The third-order valence-corrected chi connectivity index (χ3v) is 7.58. The molecule has 0 aliphatic heterocycles. The van der Waals surface area contributed by atoms with Crippen LogP contribution in [0.4, 0.5) is 17.2 Å². The fraction of sp³-hybridized carbons (Fsp3) is 0.280. The predicted octanol–water partition coefficient (Wildman–Crippen LogP) is 3.82. The number of hydrogen-bond acceptors (Lipinski definition) is 7. The molecule has 5 rings (SSSR count). The van der Waals surface area contributed by atoms with Crippen LogP contribution in [0.2, 0.25) is 0 Å². The average molecular weight is 492 g/mol. The molecule has 0 unspecified atom stereocenters. The lowest BCUT2D eigenvalue weighted by molar-refractivity contribution is 0.410. The zero-order chi connectivity index (χ0) is 24.3. The van der Waals surface area contributed by atoms with Crippen LogP contribution in [0.3, 0.4) is 0 Å². The number of anilines is 3. The van der Waals surface area contributed by atoms with E-state index in [-0.39, 0.29) is 10.9 Å². The summed E-state index contributed by atoms with van der Waals surface area (Å²) in [5.74, 6) is 0.766. The van der Waals surface area contributed by atoms with Crippen molar-refractivity contribution in [2.24, 2.45) is 5.73 Å². The van der Waals surface area contributed by atoms with Crippen LogP contribution in [0.15, 0.2) is 78.0 Å². The van der Waals surface area contributed by atoms with Crippen LogP contribution in [-0.4, -0.2) is 35.1 Å². The summed E-state index contributed by atoms with van der Waals surface area (Å²) in [6.45, 7) is 0.430. The van der Waals surface area contributed by atoms with Gasteiger partial charge in [0.15, 0.2) is 5.65 Å². The summed E-state index contributed by atoms with van der Waals surface area (Å²) < 4.78 is 30.1. The number of aromatic nitrogens is 3. The van der Waals surface area contributed by atoms with Gasteiger partial charge in [-0.3, -0.25) is 4.72 Å². The van der Waals surface area contributed by atoms with E-state index in [1.165, 1.54) is 0 Å². The van der Waals surface area contributed by atoms with Gasteiger partial charge < -0.3 is 16.4 Å². The molecule has 1 aliphatic rings. The van der Waals surface area contributed by atoms with Crippen molar-refractivity contribution in [2.75, 3.05) is 15.4 Å². The molecule has 10 heteroatoms. The smallest absolute Gasteiger partial charge is 0.261 e. The highest BCUT2D eigenvalue weighted by molar-refractivity contribution is 7.92. The summed E-state index contributed by atoms with van der Waals surface area (Å²) in [7, 11) is -3.69. The van der Waals surface area contributed by atoms with Gasteiger partial charge in [-0.05, 0) is 55.5 Å². The second kappa shape index (κ2) is 9.93. The third-order valence-electron chi connectivity index (χ3n) is 6.20. The van der Waals surface area contributed by atoms with Gasteiger partial charge in [0.05, 0.1) is 10.6 Å². The molecule has 0 amide bonds. The molecule has 0 radical (unpaired) electrons. The van der Waals surface area contributed by atoms with E-state index in [2.05, 4.69) is 25.4 Å². The normalized spacial score (nSPS) is 18.3. The van der Waals surface area contributed by atoms with Crippen LogP contribution in [-0.2, 0) is 16.6 Å². The highest BCUT2D eigenvalue weighted by Gasteiger charge is 2.19. The minimum absolute atomic E-state index is 0.208. The summed E-state index contributed by atoms with van der Waals surface area (Å²) in [6.07, 6.45) is 7.57. The van der Waals surface area contributed by atoms with Gasteiger partial charge in [0.1, 0.15) is 5.82 Å². The molecular weight excluding hydrogens is 462 g/mol. The largest absolute Gasteiger partial charge is 0.378 e. The van der Waals surface area contributed by atoms with Gasteiger partial charge in [-0.1, -0.05) is 30.3 Å². The quantitative estimate of drug-likeness (QED) is 0.295. The Morgan fingerprint density at radius 1 is 1.00 bits per heavy atom. The van der Waals surface area contributed by atoms with Gasteiger partial charge in [-0.2, -0.15) is 0 Å². The number of imidazole rings is 1. The van der Waals surface area contributed by atoms with Crippen molar-refractivity contribution in [3.63, 3.8) is 0 Å². The molecule has 9 nitrogen and oxygen atoms in total. The van der Waals surface area contributed by atoms with E-state index < -0.39 is 10.0 Å².